The Hall–Kier alpha value is -1.53. The zero-order chi connectivity index (χ0) is 11.9. The van der Waals surface area contributed by atoms with Crippen molar-refractivity contribution in [1.29, 1.82) is 0 Å². The van der Waals surface area contributed by atoms with E-state index in [1.54, 1.807) is 0 Å². The molecule has 0 spiro atoms. The summed E-state index contributed by atoms with van der Waals surface area (Å²) in [7, 11) is 0. The number of aryl methyl sites for hydroxylation is 1. The van der Waals surface area contributed by atoms with E-state index in [9.17, 15) is 18.0 Å². The van der Waals surface area contributed by atoms with E-state index in [2.05, 4.69) is 10.2 Å². The average molecular weight is 234 g/mol. The van der Waals surface area contributed by atoms with Crippen LogP contribution in [0.4, 0.5) is 13.2 Å². The minimum absolute atomic E-state index is 0.00569. The van der Waals surface area contributed by atoms with Gasteiger partial charge in [0, 0.05) is 11.3 Å². The summed E-state index contributed by atoms with van der Waals surface area (Å²) in [6, 6.07) is 0. The fourth-order valence-corrected chi connectivity index (χ4v) is 1.94. The number of aliphatic carboxylic acids is 1. The van der Waals surface area contributed by atoms with E-state index >= 15 is 0 Å². The van der Waals surface area contributed by atoms with Gasteiger partial charge < -0.3 is 5.11 Å². The topological polar surface area (TPSA) is 66.0 Å². The van der Waals surface area contributed by atoms with Crippen LogP contribution in [0.2, 0.25) is 0 Å². The third-order valence-electron chi connectivity index (χ3n) is 2.76. The number of nitrogens with one attached hydrogen (secondary N) is 1. The van der Waals surface area contributed by atoms with Crippen LogP contribution in [0.15, 0.2) is 0 Å². The van der Waals surface area contributed by atoms with E-state index in [4.69, 9.17) is 5.11 Å². The predicted octanol–water partition coefficient (Wildman–Crippen LogP) is 1.62. The van der Waals surface area contributed by atoms with Crippen LogP contribution in [0.25, 0.3) is 0 Å². The number of carbonyl (C=O) groups is 1. The van der Waals surface area contributed by atoms with Gasteiger partial charge in [0.25, 0.3) is 0 Å². The van der Waals surface area contributed by atoms with Gasteiger partial charge in [-0.2, -0.15) is 18.3 Å². The van der Waals surface area contributed by atoms with E-state index in [0.717, 1.165) is 0 Å². The molecule has 4 nitrogen and oxygen atoms in total. The smallest absolute Gasteiger partial charge is 0.435 e. The lowest BCUT2D eigenvalue weighted by molar-refractivity contribution is -0.145. The Morgan fingerprint density at radius 3 is 2.75 bits per heavy atom. The Morgan fingerprint density at radius 2 is 2.19 bits per heavy atom. The van der Waals surface area contributed by atoms with Gasteiger partial charge in [0.15, 0.2) is 5.69 Å². The molecule has 0 aliphatic heterocycles. The first-order valence-electron chi connectivity index (χ1n) is 4.75. The number of aromatic nitrogens is 2. The predicted molar refractivity (Wildman–Crippen MR) is 46.7 cm³/mol. The maximum Gasteiger partial charge on any atom is 0.435 e. The van der Waals surface area contributed by atoms with Gasteiger partial charge >= 0.3 is 12.1 Å². The molecule has 0 saturated heterocycles. The van der Waals surface area contributed by atoms with Gasteiger partial charge in [-0.15, -0.1) is 0 Å². The monoisotopic (exact) mass is 234 g/mol. The van der Waals surface area contributed by atoms with E-state index in [0.29, 0.717) is 18.5 Å². The van der Waals surface area contributed by atoms with Crippen LogP contribution < -0.4 is 0 Å². The third-order valence-corrected chi connectivity index (χ3v) is 2.76. The first-order valence-corrected chi connectivity index (χ1v) is 4.75. The molecule has 88 valence electrons. The number of carboxylic acids is 1. The molecule has 0 aromatic carbocycles. The molecule has 1 heterocycles. The maximum atomic E-state index is 12.5. The highest BCUT2D eigenvalue weighted by Gasteiger charge is 2.40. The third kappa shape index (κ3) is 1.77. The normalized spacial score (nSPS) is 20.6. The van der Waals surface area contributed by atoms with Crippen LogP contribution in [0.3, 0.4) is 0 Å². The van der Waals surface area contributed by atoms with Crippen molar-refractivity contribution in [2.45, 2.75) is 25.4 Å². The van der Waals surface area contributed by atoms with Crippen molar-refractivity contribution in [3.05, 3.63) is 17.0 Å². The number of hydrogen-bond donors (Lipinski definition) is 2. The lowest BCUT2D eigenvalue weighted by Crippen LogP contribution is -2.23. The lowest BCUT2D eigenvalue weighted by atomic mass is 9.86. The van der Waals surface area contributed by atoms with Gasteiger partial charge in [0.2, 0.25) is 0 Å². The molecule has 0 saturated carbocycles. The number of halogens is 3. The zero-order valence-electron chi connectivity index (χ0n) is 8.14. The first-order chi connectivity index (χ1) is 7.39. The van der Waals surface area contributed by atoms with Crippen molar-refractivity contribution < 1.29 is 23.1 Å². The fraction of sp³-hybridized carbons (Fsp3) is 0.556. The van der Waals surface area contributed by atoms with Gasteiger partial charge in [-0.1, -0.05) is 0 Å². The number of alkyl halides is 3. The Kier molecular flexibility index (Phi) is 2.40. The molecule has 7 heteroatoms. The van der Waals surface area contributed by atoms with Crippen LogP contribution in [0, 0.1) is 5.92 Å². The zero-order valence-corrected chi connectivity index (χ0v) is 8.14. The van der Waals surface area contributed by atoms with Crippen LogP contribution in [-0.4, -0.2) is 21.3 Å². The molecule has 1 aliphatic carbocycles. The van der Waals surface area contributed by atoms with Crippen molar-refractivity contribution in [2.75, 3.05) is 0 Å². The van der Waals surface area contributed by atoms with Crippen LogP contribution in [-0.2, 0) is 23.8 Å². The van der Waals surface area contributed by atoms with Crippen molar-refractivity contribution in [2.24, 2.45) is 5.92 Å². The second kappa shape index (κ2) is 3.50. The van der Waals surface area contributed by atoms with Crippen molar-refractivity contribution in [3.8, 4) is 0 Å². The van der Waals surface area contributed by atoms with Gasteiger partial charge in [0.05, 0.1) is 5.92 Å². The Bertz CT molecular complexity index is 425. The summed E-state index contributed by atoms with van der Waals surface area (Å²) in [5.41, 5.74) is -0.565. The van der Waals surface area contributed by atoms with E-state index < -0.39 is 23.8 Å². The second-order valence-corrected chi connectivity index (χ2v) is 3.81. The summed E-state index contributed by atoms with van der Waals surface area (Å²) in [6.45, 7) is 0. The first kappa shape index (κ1) is 11.0. The molecule has 0 unspecified atom stereocenters. The highest BCUT2D eigenvalue weighted by Crippen LogP contribution is 2.35. The Labute approximate surface area is 88.5 Å². The van der Waals surface area contributed by atoms with Crippen molar-refractivity contribution in [3.63, 3.8) is 0 Å². The van der Waals surface area contributed by atoms with Crippen LogP contribution in [0.1, 0.15) is 23.4 Å². The number of hydrogen-bond acceptors (Lipinski definition) is 2. The van der Waals surface area contributed by atoms with Crippen LogP contribution >= 0.6 is 0 Å². The molecule has 1 aromatic rings. The lowest BCUT2D eigenvalue weighted by Gasteiger charge is -2.19. The molecule has 1 aliphatic rings. The molecule has 1 aromatic heterocycles. The van der Waals surface area contributed by atoms with E-state index in [1.165, 1.54) is 0 Å². The molecule has 2 N–H and O–H groups in total. The maximum absolute atomic E-state index is 12.5. The molecule has 2 rings (SSSR count). The number of fused-ring (bicyclic) bond motifs is 1. The quantitative estimate of drug-likeness (QED) is 0.775. The molecule has 0 amide bonds. The summed E-state index contributed by atoms with van der Waals surface area (Å²) in [4.78, 5) is 10.7. The number of H-pyrrole nitrogens is 1. The highest BCUT2D eigenvalue weighted by atomic mass is 19.4. The molecular formula is C9H9F3N2O2. The van der Waals surface area contributed by atoms with Gasteiger partial charge in [0.1, 0.15) is 0 Å². The molecule has 0 fully saturated rings. The summed E-state index contributed by atoms with van der Waals surface area (Å²) in [5.74, 6) is -1.80. The second-order valence-electron chi connectivity index (χ2n) is 3.81. The minimum Gasteiger partial charge on any atom is -0.481 e. The molecule has 16 heavy (non-hydrogen) atoms. The average Bonchev–Trinajstić information content (AvgIpc) is 2.58. The van der Waals surface area contributed by atoms with Crippen molar-refractivity contribution in [1.82, 2.24) is 10.2 Å². The largest absolute Gasteiger partial charge is 0.481 e. The highest BCUT2D eigenvalue weighted by molar-refractivity contribution is 5.71. The molecule has 1 atom stereocenters. The Morgan fingerprint density at radius 1 is 1.50 bits per heavy atom. The van der Waals surface area contributed by atoms with E-state index in [-0.39, 0.29) is 12.0 Å². The minimum atomic E-state index is -4.52. The van der Waals surface area contributed by atoms with Gasteiger partial charge in [-0.05, 0) is 19.3 Å². The summed E-state index contributed by atoms with van der Waals surface area (Å²) in [6.07, 6.45) is -3.97. The van der Waals surface area contributed by atoms with Crippen LogP contribution in [0.5, 0.6) is 0 Å². The van der Waals surface area contributed by atoms with Crippen molar-refractivity contribution >= 4 is 5.97 Å². The van der Waals surface area contributed by atoms with E-state index in [1.807, 2.05) is 0 Å². The number of rotatable bonds is 1. The molecular weight excluding hydrogens is 225 g/mol. The Balaban J connectivity index is 2.35. The summed E-state index contributed by atoms with van der Waals surface area (Å²) >= 11 is 0. The van der Waals surface area contributed by atoms with Gasteiger partial charge in [-0.25, -0.2) is 0 Å². The molecule has 0 radical (unpaired) electrons. The summed E-state index contributed by atoms with van der Waals surface area (Å²) in [5, 5.41) is 14.3. The fourth-order valence-electron chi connectivity index (χ4n) is 1.94. The SMILES string of the molecule is O=C(O)[C@H]1CCc2[nH]nc(C(F)(F)F)c2C1. The number of aromatic amines is 1. The number of carboxylic acid groups (broad SMARTS) is 1. The molecule has 0 bridgehead atoms. The standard InChI is InChI=1S/C9H9F3N2O2/c10-9(11,12)7-5-3-4(8(15)16)1-2-6(5)13-14-7/h4H,1-3H2,(H,13,14)(H,15,16)/t4-/m0/s1. The van der Waals surface area contributed by atoms with Gasteiger partial charge in [-0.3, -0.25) is 9.89 Å². The number of nitrogens with zero attached hydrogens (tertiary/aromatic N) is 1. The summed E-state index contributed by atoms with van der Waals surface area (Å²) < 4.78 is 37.5.